The second-order valence-electron chi connectivity index (χ2n) is 4.93. The van der Waals surface area contributed by atoms with Crippen LogP contribution in [0.2, 0.25) is 0 Å². The number of nitrogens with zero attached hydrogens (tertiary/aromatic N) is 4. The van der Waals surface area contributed by atoms with Crippen molar-refractivity contribution in [2.45, 2.75) is 0 Å². The number of hydrogen-bond acceptors (Lipinski definition) is 5. The molecular formula is C15H17N5S. The number of aromatic nitrogens is 2. The summed E-state index contributed by atoms with van der Waals surface area (Å²) in [6.45, 7) is 3.67. The van der Waals surface area contributed by atoms with Gasteiger partial charge in [0.2, 0.25) is 0 Å². The number of hydrogen-bond donors (Lipinski definition) is 1. The van der Waals surface area contributed by atoms with E-state index < -0.39 is 0 Å². The summed E-state index contributed by atoms with van der Waals surface area (Å²) in [5.41, 5.74) is 6.54. The molecule has 0 saturated carbocycles. The van der Waals surface area contributed by atoms with E-state index in [2.05, 4.69) is 19.8 Å². The van der Waals surface area contributed by atoms with Gasteiger partial charge < -0.3 is 15.5 Å². The quantitative estimate of drug-likeness (QED) is 0.866. The van der Waals surface area contributed by atoms with Crippen molar-refractivity contribution < 1.29 is 0 Å². The molecule has 0 radical (unpaired) electrons. The number of anilines is 2. The van der Waals surface area contributed by atoms with Crippen molar-refractivity contribution in [3.8, 4) is 0 Å². The van der Waals surface area contributed by atoms with E-state index >= 15 is 0 Å². The SMILES string of the molecule is NC(=S)c1ccnc(N2CCN(c3ccccn3)CC2)c1. The van der Waals surface area contributed by atoms with Gasteiger partial charge in [0.1, 0.15) is 16.6 Å². The van der Waals surface area contributed by atoms with E-state index in [4.69, 9.17) is 18.0 Å². The summed E-state index contributed by atoms with van der Waals surface area (Å²) in [5.74, 6) is 1.96. The molecule has 5 nitrogen and oxygen atoms in total. The maximum absolute atomic E-state index is 5.68. The minimum atomic E-state index is 0.408. The van der Waals surface area contributed by atoms with Gasteiger partial charge in [-0.05, 0) is 24.3 Å². The van der Waals surface area contributed by atoms with Gasteiger partial charge in [0, 0.05) is 44.1 Å². The largest absolute Gasteiger partial charge is 0.389 e. The Morgan fingerprint density at radius 1 is 0.952 bits per heavy atom. The van der Waals surface area contributed by atoms with Crippen molar-refractivity contribution in [1.82, 2.24) is 9.97 Å². The van der Waals surface area contributed by atoms with Crippen LogP contribution in [0, 0.1) is 0 Å². The Hall–Kier alpha value is -2.21. The van der Waals surface area contributed by atoms with Crippen molar-refractivity contribution in [1.29, 1.82) is 0 Å². The molecule has 2 N–H and O–H groups in total. The fourth-order valence-corrected chi connectivity index (χ4v) is 2.58. The van der Waals surface area contributed by atoms with Crippen LogP contribution in [0.15, 0.2) is 42.7 Å². The lowest BCUT2D eigenvalue weighted by Crippen LogP contribution is -2.47. The third kappa shape index (κ3) is 3.11. The number of rotatable bonds is 3. The first-order valence-electron chi connectivity index (χ1n) is 6.91. The molecule has 2 aromatic heterocycles. The van der Waals surface area contributed by atoms with Gasteiger partial charge in [0.05, 0.1) is 0 Å². The normalized spacial score (nSPS) is 15.0. The summed E-state index contributed by atoms with van der Waals surface area (Å²) in [6, 6.07) is 9.79. The summed E-state index contributed by atoms with van der Waals surface area (Å²) in [6.07, 6.45) is 3.59. The van der Waals surface area contributed by atoms with Crippen molar-refractivity contribution in [2.75, 3.05) is 36.0 Å². The molecule has 1 aliphatic rings. The Kier molecular flexibility index (Phi) is 3.96. The van der Waals surface area contributed by atoms with Crippen molar-refractivity contribution in [2.24, 2.45) is 5.73 Å². The van der Waals surface area contributed by atoms with E-state index in [9.17, 15) is 0 Å². The van der Waals surface area contributed by atoms with Crippen LogP contribution in [0.1, 0.15) is 5.56 Å². The van der Waals surface area contributed by atoms with Gasteiger partial charge in [0.25, 0.3) is 0 Å². The van der Waals surface area contributed by atoms with Crippen LogP contribution in [0.3, 0.4) is 0 Å². The molecule has 1 saturated heterocycles. The molecular weight excluding hydrogens is 282 g/mol. The first-order valence-corrected chi connectivity index (χ1v) is 7.31. The zero-order valence-electron chi connectivity index (χ0n) is 11.6. The van der Waals surface area contributed by atoms with Gasteiger partial charge in [-0.3, -0.25) is 0 Å². The summed E-state index contributed by atoms with van der Waals surface area (Å²) >= 11 is 5.02. The van der Waals surface area contributed by atoms with Gasteiger partial charge in [-0.1, -0.05) is 18.3 Å². The Morgan fingerprint density at radius 3 is 2.24 bits per heavy atom. The first-order chi connectivity index (χ1) is 10.2. The molecule has 0 aliphatic carbocycles. The van der Waals surface area contributed by atoms with Gasteiger partial charge in [-0.2, -0.15) is 0 Å². The van der Waals surface area contributed by atoms with Gasteiger partial charge in [-0.25, -0.2) is 9.97 Å². The molecule has 0 bridgehead atoms. The van der Waals surface area contributed by atoms with Crippen LogP contribution in [-0.4, -0.2) is 41.1 Å². The average Bonchev–Trinajstić information content (AvgIpc) is 2.56. The summed E-state index contributed by atoms with van der Waals surface area (Å²) in [5, 5.41) is 0. The predicted octanol–water partition coefficient (Wildman–Crippen LogP) is 1.44. The highest BCUT2D eigenvalue weighted by atomic mass is 32.1. The van der Waals surface area contributed by atoms with Crippen LogP contribution < -0.4 is 15.5 Å². The smallest absolute Gasteiger partial charge is 0.129 e. The van der Waals surface area contributed by atoms with Gasteiger partial charge >= 0.3 is 0 Å². The molecule has 0 atom stereocenters. The number of nitrogens with two attached hydrogens (primary N) is 1. The monoisotopic (exact) mass is 299 g/mol. The molecule has 6 heteroatoms. The summed E-state index contributed by atoms with van der Waals surface area (Å²) in [7, 11) is 0. The van der Waals surface area contributed by atoms with Crippen molar-refractivity contribution in [3.05, 3.63) is 48.3 Å². The molecule has 0 unspecified atom stereocenters. The molecule has 1 aliphatic heterocycles. The number of pyridine rings is 2. The Labute approximate surface area is 129 Å². The van der Waals surface area contributed by atoms with Crippen LogP contribution in [0.25, 0.3) is 0 Å². The molecule has 3 heterocycles. The predicted molar refractivity (Wildman–Crippen MR) is 88.8 cm³/mol. The van der Waals surface area contributed by atoms with E-state index in [1.165, 1.54) is 0 Å². The van der Waals surface area contributed by atoms with E-state index in [1.54, 1.807) is 6.20 Å². The molecule has 2 aromatic rings. The Balaban J connectivity index is 1.68. The zero-order valence-corrected chi connectivity index (χ0v) is 12.5. The second-order valence-corrected chi connectivity index (χ2v) is 5.37. The zero-order chi connectivity index (χ0) is 14.7. The van der Waals surface area contributed by atoms with E-state index in [1.807, 2.05) is 36.5 Å². The molecule has 0 aromatic carbocycles. The second kappa shape index (κ2) is 6.05. The van der Waals surface area contributed by atoms with E-state index in [0.717, 1.165) is 43.4 Å². The Morgan fingerprint density at radius 2 is 1.62 bits per heavy atom. The number of piperazine rings is 1. The third-order valence-corrected chi connectivity index (χ3v) is 3.84. The minimum Gasteiger partial charge on any atom is -0.389 e. The van der Waals surface area contributed by atoms with Crippen LogP contribution in [0.5, 0.6) is 0 Å². The molecule has 0 spiro atoms. The van der Waals surface area contributed by atoms with Crippen LogP contribution >= 0.6 is 12.2 Å². The topological polar surface area (TPSA) is 58.3 Å². The maximum atomic E-state index is 5.68. The molecule has 3 rings (SSSR count). The van der Waals surface area contributed by atoms with Crippen molar-refractivity contribution in [3.63, 3.8) is 0 Å². The van der Waals surface area contributed by atoms with E-state index in [-0.39, 0.29) is 0 Å². The lowest BCUT2D eigenvalue weighted by atomic mass is 10.2. The lowest BCUT2D eigenvalue weighted by Gasteiger charge is -2.36. The standard InChI is InChI=1S/C15H17N5S/c16-15(21)12-4-6-18-14(11-12)20-9-7-19(8-10-20)13-3-1-2-5-17-13/h1-6,11H,7-10H2,(H2,16,21). The molecule has 21 heavy (non-hydrogen) atoms. The highest BCUT2D eigenvalue weighted by molar-refractivity contribution is 7.80. The molecule has 1 fully saturated rings. The number of thiocarbonyl (C=S) groups is 1. The average molecular weight is 299 g/mol. The molecule has 108 valence electrons. The highest BCUT2D eigenvalue weighted by Gasteiger charge is 2.19. The molecule has 0 amide bonds. The lowest BCUT2D eigenvalue weighted by molar-refractivity contribution is 0.642. The van der Waals surface area contributed by atoms with Crippen LogP contribution in [0.4, 0.5) is 11.6 Å². The van der Waals surface area contributed by atoms with Gasteiger partial charge in [-0.15, -0.1) is 0 Å². The minimum absolute atomic E-state index is 0.408. The fourth-order valence-electron chi connectivity index (χ4n) is 2.45. The summed E-state index contributed by atoms with van der Waals surface area (Å²) in [4.78, 5) is 13.8. The maximum Gasteiger partial charge on any atom is 0.129 e. The van der Waals surface area contributed by atoms with E-state index in [0.29, 0.717) is 4.99 Å². The van der Waals surface area contributed by atoms with Gasteiger partial charge in [0.15, 0.2) is 0 Å². The Bertz CT molecular complexity index is 623. The fraction of sp³-hybridized carbons (Fsp3) is 0.267. The highest BCUT2D eigenvalue weighted by Crippen LogP contribution is 2.18. The first kappa shape index (κ1) is 13.8. The summed E-state index contributed by atoms with van der Waals surface area (Å²) < 4.78 is 0. The van der Waals surface area contributed by atoms with Crippen LogP contribution in [-0.2, 0) is 0 Å². The van der Waals surface area contributed by atoms with Crippen molar-refractivity contribution >= 4 is 28.8 Å². The third-order valence-electron chi connectivity index (χ3n) is 3.61.